The van der Waals surface area contributed by atoms with Crippen molar-refractivity contribution < 1.29 is 14.3 Å². The summed E-state index contributed by atoms with van der Waals surface area (Å²) in [5.74, 6) is 1.90. The molecule has 2 saturated heterocycles. The van der Waals surface area contributed by atoms with Gasteiger partial charge in [0.2, 0.25) is 5.91 Å². The van der Waals surface area contributed by atoms with E-state index in [0.717, 1.165) is 71.6 Å². The Bertz CT molecular complexity index is 1650. The molecule has 2 aliphatic heterocycles. The molecule has 0 radical (unpaired) electrons. The molecule has 3 fully saturated rings. The Kier molecular flexibility index (Phi) is 6.49. The summed E-state index contributed by atoms with van der Waals surface area (Å²) in [5.41, 5.74) is 11.9. The van der Waals surface area contributed by atoms with E-state index in [1.54, 1.807) is 4.90 Å². The smallest absolute Gasteiger partial charge is 0.255 e. The number of nitrogens with zero attached hydrogens (tertiary/aromatic N) is 5. The highest BCUT2D eigenvalue weighted by Gasteiger charge is 2.29. The summed E-state index contributed by atoms with van der Waals surface area (Å²) in [7, 11) is 1.86. The molecule has 1 aliphatic carbocycles. The summed E-state index contributed by atoms with van der Waals surface area (Å²) in [6.07, 6.45) is 6.76. The third-order valence-electron chi connectivity index (χ3n) is 9.03. The van der Waals surface area contributed by atoms with E-state index in [4.69, 9.17) is 15.6 Å². The largest absolute Gasteiger partial charge is 0.491 e. The number of benzene rings is 1. The normalized spacial score (nSPS) is 21.4. The zero-order chi connectivity index (χ0) is 28.2. The first-order chi connectivity index (χ1) is 19.9. The monoisotopic (exact) mass is 554 g/mol. The number of hydrogen-bond acceptors (Lipinski definition) is 5. The topological polar surface area (TPSA) is 98.1 Å². The van der Waals surface area contributed by atoms with Crippen LogP contribution < -0.4 is 10.5 Å². The van der Waals surface area contributed by atoms with E-state index >= 15 is 0 Å². The van der Waals surface area contributed by atoms with E-state index in [9.17, 15) is 9.59 Å². The fourth-order valence-electron chi connectivity index (χ4n) is 6.55. The highest BCUT2D eigenvalue weighted by atomic mass is 16.5. The number of pyridine rings is 1. The Morgan fingerprint density at radius 3 is 2.73 bits per heavy atom. The van der Waals surface area contributed by atoms with Crippen molar-refractivity contribution in [2.24, 2.45) is 17.6 Å². The predicted octanol–water partition coefficient (Wildman–Crippen LogP) is 4.09. The number of rotatable bonds is 7. The fourth-order valence-corrected chi connectivity index (χ4v) is 6.55. The van der Waals surface area contributed by atoms with Gasteiger partial charge in [-0.25, -0.2) is 4.52 Å². The van der Waals surface area contributed by atoms with E-state index in [0.29, 0.717) is 31.1 Å². The molecular weight excluding hydrogens is 516 g/mol. The van der Waals surface area contributed by atoms with Gasteiger partial charge in [0.1, 0.15) is 11.4 Å². The third-order valence-corrected chi connectivity index (χ3v) is 9.03. The van der Waals surface area contributed by atoms with Crippen LogP contribution in [0.4, 0.5) is 0 Å². The molecule has 5 heterocycles. The van der Waals surface area contributed by atoms with Crippen LogP contribution in [0, 0.1) is 18.8 Å². The number of nitrogens with two attached hydrogens (primary N) is 1. The Morgan fingerprint density at radius 2 is 1.98 bits per heavy atom. The molecule has 1 saturated carbocycles. The van der Waals surface area contributed by atoms with Crippen molar-refractivity contribution in [1.82, 2.24) is 24.0 Å². The van der Waals surface area contributed by atoms with Crippen molar-refractivity contribution in [3.8, 4) is 17.1 Å². The Labute approximate surface area is 239 Å². The number of likely N-dealkylation sites (tertiary alicyclic amines) is 2. The molecule has 3 aromatic heterocycles. The number of amides is 2. The third kappa shape index (κ3) is 4.86. The Balaban J connectivity index is 1.25. The molecule has 2 atom stereocenters. The van der Waals surface area contributed by atoms with E-state index in [1.165, 1.54) is 12.8 Å². The van der Waals surface area contributed by atoms with Crippen LogP contribution in [0.1, 0.15) is 48.0 Å². The second-order valence-corrected chi connectivity index (χ2v) is 12.3. The van der Waals surface area contributed by atoms with Crippen molar-refractivity contribution in [2.75, 3.05) is 33.3 Å². The van der Waals surface area contributed by atoms with Crippen LogP contribution >= 0.6 is 0 Å². The summed E-state index contributed by atoms with van der Waals surface area (Å²) in [6.45, 7) is 5.61. The molecule has 4 aromatic rings. The molecule has 1 aromatic carbocycles. The van der Waals surface area contributed by atoms with Gasteiger partial charge < -0.3 is 24.8 Å². The minimum absolute atomic E-state index is 0.0107. The van der Waals surface area contributed by atoms with Crippen molar-refractivity contribution in [3.63, 3.8) is 0 Å². The summed E-state index contributed by atoms with van der Waals surface area (Å²) in [4.78, 5) is 29.0. The highest BCUT2D eigenvalue weighted by Crippen LogP contribution is 2.40. The lowest BCUT2D eigenvalue weighted by atomic mass is 10.1. The zero-order valence-electron chi connectivity index (χ0n) is 23.9. The number of carbonyl (C=O) groups is 2. The maximum atomic E-state index is 13.3. The lowest BCUT2D eigenvalue weighted by Gasteiger charge is -2.30. The van der Waals surface area contributed by atoms with Crippen molar-refractivity contribution in [2.45, 2.75) is 51.6 Å². The maximum absolute atomic E-state index is 13.3. The molecule has 9 nitrogen and oxygen atoms in total. The van der Waals surface area contributed by atoms with Crippen LogP contribution in [-0.2, 0) is 11.3 Å². The summed E-state index contributed by atoms with van der Waals surface area (Å²) >= 11 is 0. The van der Waals surface area contributed by atoms with Gasteiger partial charge in [-0.05, 0) is 62.8 Å². The molecule has 214 valence electrons. The van der Waals surface area contributed by atoms with Crippen LogP contribution in [0.25, 0.3) is 27.8 Å². The van der Waals surface area contributed by atoms with E-state index in [-0.39, 0.29) is 23.8 Å². The number of carbonyl (C=O) groups excluding carboxylic acids is 2. The summed E-state index contributed by atoms with van der Waals surface area (Å²) in [5, 5.41) is 6.16. The van der Waals surface area contributed by atoms with Crippen molar-refractivity contribution >= 4 is 28.2 Å². The lowest BCUT2D eigenvalue weighted by Crippen LogP contribution is -2.45. The van der Waals surface area contributed by atoms with Gasteiger partial charge in [0.25, 0.3) is 5.91 Å². The predicted molar refractivity (Wildman–Crippen MR) is 158 cm³/mol. The van der Waals surface area contributed by atoms with Gasteiger partial charge in [0.15, 0.2) is 0 Å². The first kappa shape index (κ1) is 26.1. The first-order valence-corrected chi connectivity index (χ1v) is 14.9. The Hall–Kier alpha value is -3.85. The van der Waals surface area contributed by atoms with Crippen LogP contribution in [0.15, 0.2) is 42.6 Å². The molecule has 2 N–H and O–H groups in total. The average Bonchev–Trinajstić information content (AvgIpc) is 3.52. The van der Waals surface area contributed by atoms with Crippen LogP contribution in [-0.4, -0.2) is 75.1 Å². The van der Waals surface area contributed by atoms with Gasteiger partial charge in [0, 0.05) is 68.8 Å². The summed E-state index contributed by atoms with van der Waals surface area (Å²) in [6, 6.07) is 12.4. The van der Waals surface area contributed by atoms with Crippen LogP contribution in [0.5, 0.6) is 5.75 Å². The minimum atomic E-state index is 0.0107. The second kappa shape index (κ2) is 10.2. The molecule has 2 amide bonds. The zero-order valence-corrected chi connectivity index (χ0v) is 23.9. The number of fused-ring (bicyclic) bond motifs is 2. The van der Waals surface area contributed by atoms with Gasteiger partial charge in [-0.15, -0.1) is 0 Å². The number of aryl methyl sites for hydroxylation is 1. The van der Waals surface area contributed by atoms with E-state index in [1.807, 2.05) is 46.9 Å². The Morgan fingerprint density at radius 1 is 1.12 bits per heavy atom. The van der Waals surface area contributed by atoms with E-state index in [2.05, 4.69) is 23.6 Å². The fraction of sp³-hybridized carbons (Fsp3) is 0.469. The molecule has 3 aliphatic rings. The SMILES string of the molecule is Cc1c(-c2cc3cccc(OCC4CC(=O)N(C)C4)c3n2CC2CC2)nn2cc(C(=O)N3CCC[C@@H](N)C3)ccc12. The van der Waals surface area contributed by atoms with Gasteiger partial charge in [-0.3, -0.25) is 9.59 Å². The van der Waals surface area contributed by atoms with Gasteiger partial charge >= 0.3 is 0 Å². The van der Waals surface area contributed by atoms with Gasteiger partial charge in [-0.1, -0.05) is 12.1 Å². The number of para-hydroxylation sites is 1. The second-order valence-electron chi connectivity index (χ2n) is 12.3. The highest BCUT2D eigenvalue weighted by molar-refractivity contribution is 5.95. The molecule has 41 heavy (non-hydrogen) atoms. The summed E-state index contributed by atoms with van der Waals surface area (Å²) < 4.78 is 10.6. The van der Waals surface area contributed by atoms with Crippen molar-refractivity contribution in [3.05, 3.63) is 53.7 Å². The molecular formula is C32H38N6O3. The molecule has 0 spiro atoms. The van der Waals surface area contributed by atoms with Crippen molar-refractivity contribution in [1.29, 1.82) is 0 Å². The number of ether oxygens (including phenoxy) is 1. The molecule has 0 bridgehead atoms. The quantitative estimate of drug-likeness (QED) is 0.371. The maximum Gasteiger partial charge on any atom is 0.255 e. The lowest BCUT2D eigenvalue weighted by molar-refractivity contribution is -0.126. The number of aromatic nitrogens is 3. The van der Waals surface area contributed by atoms with Crippen LogP contribution in [0.3, 0.4) is 0 Å². The molecule has 7 rings (SSSR count). The van der Waals surface area contributed by atoms with Crippen LogP contribution in [0.2, 0.25) is 0 Å². The average molecular weight is 555 g/mol. The van der Waals surface area contributed by atoms with E-state index < -0.39 is 0 Å². The number of hydrogen-bond donors (Lipinski definition) is 1. The van der Waals surface area contributed by atoms with Gasteiger partial charge in [0.05, 0.1) is 28.9 Å². The minimum Gasteiger partial charge on any atom is -0.491 e. The first-order valence-electron chi connectivity index (χ1n) is 14.9. The number of piperidine rings is 1. The standard InChI is InChI=1S/C32H38N6O3/c1-20-26-11-10-24(32(40)36-12-4-6-25(33)18-36)17-38(26)34-30(20)27-14-23-5-3-7-28(31(23)37(27)16-21-8-9-21)41-19-22-13-29(39)35(2)15-22/h3,5,7,10-11,14,17,21-22,25H,4,6,8-9,12-13,15-16,18-19,33H2,1-2H3/t22?,25-/m1/s1. The molecule has 9 heteroatoms. The molecule has 1 unspecified atom stereocenters. The van der Waals surface area contributed by atoms with Gasteiger partial charge in [-0.2, -0.15) is 5.10 Å².